The van der Waals surface area contributed by atoms with Gasteiger partial charge in [0.2, 0.25) is 0 Å². The van der Waals surface area contributed by atoms with Crippen molar-refractivity contribution >= 4 is 5.69 Å². The van der Waals surface area contributed by atoms with Crippen LogP contribution < -0.4 is 4.90 Å². The van der Waals surface area contributed by atoms with E-state index in [1.165, 1.54) is 69.0 Å². The first-order valence-corrected chi connectivity index (χ1v) is 10.2. The summed E-state index contributed by atoms with van der Waals surface area (Å²) in [7, 11) is 0. The van der Waals surface area contributed by atoms with Crippen LogP contribution in [0.3, 0.4) is 0 Å². The number of benzene rings is 1. The van der Waals surface area contributed by atoms with Crippen molar-refractivity contribution in [3.63, 3.8) is 0 Å². The van der Waals surface area contributed by atoms with Crippen LogP contribution in [-0.4, -0.2) is 18.4 Å². The molecule has 1 aromatic rings. The van der Waals surface area contributed by atoms with Crippen molar-refractivity contribution in [2.75, 3.05) is 4.90 Å². The number of nitrogens with zero attached hydrogens (tertiary/aromatic N) is 1. The minimum atomic E-state index is 0.301. The van der Waals surface area contributed by atoms with Gasteiger partial charge in [0.25, 0.3) is 0 Å². The fraction of sp³-hybridized carbons (Fsp3) is 0.727. The second-order valence-corrected chi connectivity index (χ2v) is 8.37. The third kappa shape index (κ3) is 2.98. The van der Waals surface area contributed by atoms with Gasteiger partial charge in [-0.2, -0.15) is 0 Å². The molecule has 0 bridgehead atoms. The summed E-state index contributed by atoms with van der Waals surface area (Å²) < 4.78 is 6.85. The van der Waals surface area contributed by atoms with Crippen molar-refractivity contribution in [1.82, 2.24) is 0 Å². The Labute approximate surface area is 147 Å². The molecule has 0 spiro atoms. The molecule has 0 aromatic heterocycles. The lowest BCUT2D eigenvalue weighted by atomic mass is 9.83. The van der Waals surface area contributed by atoms with E-state index in [1.807, 2.05) is 0 Å². The van der Waals surface area contributed by atoms with Gasteiger partial charge in [-0.15, -0.1) is 0 Å². The third-order valence-electron chi connectivity index (χ3n) is 6.80. The maximum Gasteiger partial charge on any atom is 0.133 e. The van der Waals surface area contributed by atoms with Gasteiger partial charge in [-0.3, -0.25) is 0 Å². The molecule has 132 valence electrons. The first kappa shape index (κ1) is 16.4. The minimum absolute atomic E-state index is 0.301. The second-order valence-electron chi connectivity index (χ2n) is 8.37. The smallest absolute Gasteiger partial charge is 0.133 e. The van der Waals surface area contributed by atoms with Crippen LogP contribution in [0.5, 0.6) is 0 Å². The van der Waals surface area contributed by atoms with Gasteiger partial charge in [-0.25, -0.2) is 0 Å². The summed E-state index contributed by atoms with van der Waals surface area (Å²) in [6, 6.07) is 9.40. The molecule has 3 aliphatic rings. The number of hydrogen-bond acceptors (Lipinski definition) is 2. The molecule has 0 N–H and O–H groups in total. The standard InChI is InChI=1S/C22H33NO/c1-16-10-6-9-15-20(16)23-17(2)21(18-11-4-3-5-12-18)24-22(23)19-13-7-8-14-19/h6,9-10,15,17-19,21-22H,3-5,7-8,11-14H2,1-2H3/t17-,21?,22?/m0/s1. The van der Waals surface area contributed by atoms with Crippen LogP contribution in [0.2, 0.25) is 0 Å². The van der Waals surface area contributed by atoms with E-state index in [1.54, 1.807) is 0 Å². The number of anilines is 1. The monoisotopic (exact) mass is 327 g/mol. The van der Waals surface area contributed by atoms with E-state index in [-0.39, 0.29) is 0 Å². The Kier molecular flexibility index (Phi) is 4.85. The number of hydrogen-bond donors (Lipinski definition) is 0. The van der Waals surface area contributed by atoms with Crippen LogP contribution >= 0.6 is 0 Å². The molecule has 2 aliphatic carbocycles. The Morgan fingerprint density at radius 3 is 2.21 bits per heavy atom. The topological polar surface area (TPSA) is 12.5 Å². The Hall–Kier alpha value is -1.02. The largest absolute Gasteiger partial charge is 0.352 e. The molecule has 2 nitrogen and oxygen atoms in total. The number of ether oxygens (including phenoxy) is 1. The predicted molar refractivity (Wildman–Crippen MR) is 100 cm³/mol. The highest BCUT2D eigenvalue weighted by Gasteiger charge is 2.46. The van der Waals surface area contributed by atoms with Crippen LogP contribution in [0.4, 0.5) is 5.69 Å². The maximum atomic E-state index is 6.85. The zero-order chi connectivity index (χ0) is 16.5. The van der Waals surface area contributed by atoms with Crippen molar-refractivity contribution in [2.24, 2.45) is 11.8 Å². The number of rotatable bonds is 3. The number of para-hydroxylation sites is 1. The third-order valence-corrected chi connectivity index (χ3v) is 6.80. The van der Waals surface area contributed by atoms with Gasteiger partial charge in [0, 0.05) is 11.6 Å². The zero-order valence-electron chi connectivity index (χ0n) is 15.4. The quantitative estimate of drug-likeness (QED) is 0.707. The Bertz CT molecular complexity index is 545. The van der Waals surface area contributed by atoms with E-state index < -0.39 is 0 Å². The molecule has 1 aromatic carbocycles. The van der Waals surface area contributed by atoms with E-state index in [2.05, 4.69) is 43.0 Å². The van der Waals surface area contributed by atoms with Crippen LogP contribution in [0.1, 0.15) is 70.3 Å². The lowest BCUT2D eigenvalue weighted by Gasteiger charge is -2.34. The van der Waals surface area contributed by atoms with Crippen LogP contribution in [0, 0.1) is 18.8 Å². The fourth-order valence-electron chi connectivity index (χ4n) is 5.49. The summed E-state index contributed by atoms with van der Waals surface area (Å²) in [6.07, 6.45) is 13.1. The van der Waals surface area contributed by atoms with Crippen molar-refractivity contribution in [3.05, 3.63) is 29.8 Å². The summed E-state index contributed by atoms with van der Waals surface area (Å²) in [6.45, 7) is 4.67. The van der Waals surface area contributed by atoms with Crippen molar-refractivity contribution in [2.45, 2.75) is 90.0 Å². The van der Waals surface area contributed by atoms with Crippen LogP contribution in [0.15, 0.2) is 24.3 Å². The normalized spacial score (nSPS) is 32.6. The highest BCUT2D eigenvalue weighted by Crippen LogP contribution is 2.44. The van der Waals surface area contributed by atoms with Crippen molar-refractivity contribution < 1.29 is 4.74 Å². The summed E-state index contributed by atoms with van der Waals surface area (Å²) in [5.74, 6) is 1.49. The first-order valence-electron chi connectivity index (χ1n) is 10.2. The van der Waals surface area contributed by atoms with Gasteiger partial charge in [-0.05, 0) is 57.1 Å². The van der Waals surface area contributed by atoms with Gasteiger partial charge in [0.15, 0.2) is 0 Å². The summed E-state index contributed by atoms with van der Waals surface area (Å²) in [4.78, 5) is 2.66. The number of aryl methyl sites for hydroxylation is 1. The van der Waals surface area contributed by atoms with E-state index in [9.17, 15) is 0 Å². The lowest BCUT2D eigenvalue weighted by Crippen LogP contribution is -2.41. The van der Waals surface area contributed by atoms with Gasteiger partial charge in [0.1, 0.15) is 6.23 Å². The highest BCUT2D eigenvalue weighted by molar-refractivity contribution is 5.55. The molecule has 3 fully saturated rings. The summed E-state index contributed by atoms with van der Waals surface area (Å²) >= 11 is 0. The maximum absolute atomic E-state index is 6.85. The molecule has 1 aliphatic heterocycles. The first-order chi connectivity index (χ1) is 11.8. The van der Waals surface area contributed by atoms with Crippen molar-refractivity contribution in [3.8, 4) is 0 Å². The van der Waals surface area contributed by atoms with E-state index in [0.29, 0.717) is 18.4 Å². The van der Waals surface area contributed by atoms with Crippen LogP contribution in [0.25, 0.3) is 0 Å². The molecule has 1 heterocycles. The zero-order valence-corrected chi connectivity index (χ0v) is 15.4. The van der Waals surface area contributed by atoms with Gasteiger partial charge < -0.3 is 9.64 Å². The molecule has 2 saturated carbocycles. The molecular formula is C22H33NO. The molecule has 0 radical (unpaired) electrons. The molecule has 1 saturated heterocycles. The Morgan fingerprint density at radius 1 is 0.875 bits per heavy atom. The van der Waals surface area contributed by atoms with E-state index >= 15 is 0 Å². The summed E-state index contributed by atoms with van der Waals surface area (Å²) in [5.41, 5.74) is 2.79. The van der Waals surface area contributed by atoms with E-state index in [4.69, 9.17) is 4.74 Å². The molecule has 4 rings (SSSR count). The minimum Gasteiger partial charge on any atom is -0.352 e. The fourth-order valence-corrected chi connectivity index (χ4v) is 5.49. The highest BCUT2D eigenvalue weighted by atomic mass is 16.5. The average Bonchev–Trinajstić information content (AvgIpc) is 3.24. The summed E-state index contributed by atoms with van der Waals surface area (Å²) in [5, 5.41) is 0. The molecule has 0 amide bonds. The second kappa shape index (κ2) is 7.07. The Morgan fingerprint density at radius 2 is 1.50 bits per heavy atom. The predicted octanol–water partition coefficient (Wildman–Crippen LogP) is 5.69. The van der Waals surface area contributed by atoms with E-state index in [0.717, 1.165) is 11.8 Å². The Balaban J connectivity index is 1.63. The molecule has 3 atom stereocenters. The lowest BCUT2D eigenvalue weighted by molar-refractivity contribution is -0.0254. The average molecular weight is 328 g/mol. The van der Waals surface area contributed by atoms with Crippen LogP contribution in [-0.2, 0) is 4.74 Å². The molecule has 2 unspecified atom stereocenters. The molecule has 2 heteroatoms. The molecular weight excluding hydrogens is 294 g/mol. The SMILES string of the molecule is Cc1ccccc1N1C(C2CCCC2)OC(C2CCCCC2)[C@@H]1C. The van der Waals surface area contributed by atoms with Crippen molar-refractivity contribution in [1.29, 1.82) is 0 Å². The van der Waals surface area contributed by atoms with Gasteiger partial charge in [-0.1, -0.05) is 50.3 Å². The van der Waals surface area contributed by atoms with Gasteiger partial charge in [0.05, 0.1) is 12.1 Å². The van der Waals surface area contributed by atoms with Gasteiger partial charge >= 0.3 is 0 Å². The molecule has 24 heavy (non-hydrogen) atoms.